The van der Waals surface area contributed by atoms with Crippen LogP contribution in [-0.2, 0) is 14.6 Å². The van der Waals surface area contributed by atoms with Gasteiger partial charge in [0.25, 0.3) is 0 Å². The maximum absolute atomic E-state index is 12.8. The van der Waals surface area contributed by atoms with Crippen LogP contribution in [0.2, 0.25) is 0 Å². The summed E-state index contributed by atoms with van der Waals surface area (Å²) in [5.74, 6) is 0.130. The molecule has 1 saturated carbocycles. The summed E-state index contributed by atoms with van der Waals surface area (Å²) in [5, 5.41) is 0. The molecule has 180 valence electrons. The fourth-order valence-electron chi connectivity index (χ4n) is 5.26. The summed E-state index contributed by atoms with van der Waals surface area (Å²) >= 11 is 0. The highest BCUT2D eigenvalue weighted by molar-refractivity contribution is 7.90. The highest BCUT2D eigenvalue weighted by Gasteiger charge is 2.36. The Hall–Kier alpha value is -1.60. The molecule has 0 amide bonds. The van der Waals surface area contributed by atoms with Gasteiger partial charge in [-0.2, -0.15) is 0 Å². The molecule has 2 aromatic rings. The van der Waals surface area contributed by atoms with Gasteiger partial charge in [-0.1, -0.05) is 27.2 Å². The zero-order valence-corrected chi connectivity index (χ0v) is 21.0. The number of sulfone groups is 1. The van der Waals surface area contributed by atoms with E-state index in [2.05, 4.69) is 27.7 Å². The minimum atomic E-state index is -3.36. The summed E-state index contributed by atoms with van der Waals surface area (Å²) in [6, 6.07) is 4.67. The Kier molecular flexibility index (Phi) is 7.92. The van der Waals surface area contributed by atoms with E-state index in [4.69, 9.17) is 9.15 Å². The largest absolute Gasteiger partial charge is 0.420 e. The molecule has 1 aromatic carbocycles. The molecule has 2 atom stereocenters. The van der Waals surface area contributed by atoms with Crippen molar-refractivity contribution in [2.75, 3.05) is 12.9 Å². The van der Waals surface area contributed by atoms with E-state index in [1.807, 2.05) is 0 Å². The molecule has 0 saturated heterocycles. The molecule has 1 fully saturated rings. The first-order chi connectivity index (χ1) is 15.1. The third kappa shape index (κ3) is 5.48. The Morgan fingerprint density at radius 3 is 2.47 bits per heavy atom. The third-order valence-electron chi connectivity index (χ3n) is 7.60. The van der Waals surface area contributed by atoms with Crippen LogP contribution in [0.15, 0.2) is 32.3 Å². The Bertz CT molecular complexity index is 1060. The van der Waals surface area contributed by atoms with Gasteiger partial charge >= 0.3 is 5.76 Å². The first-order valence-corrected chi connectivity index (χ1v) is 13.9. The van der Waals surface area contributed by atoms with Gasteiger partial charge in [-0.25, -0.2) is 13.2 Å². The molecule has 3 rings (SSSR count). The third-order valence-corrected chi connectivity index (χ3v) is 8.71. The Morgan fingerprint density at radius 2 is 1.88 bits per heavy atom. The molecule has 1 aromatic heterocycles. The number of oxazole rings is 1. The molecule has 0 spiro atoms. The minimum absolute atomic E-state index is 0.00521. The van der Waals surface area contributed by atoms with E-state index in [1.54, 1.807) is 16.7 Å². The number of hydrogen-bond donors (Lipinski definition) is 0. The number of rotatable bonds is 10. The van der Waals surface area contributed by atoms with Gasteiger partial charge in [-0.3, -0.25) is 4.57 Å². The van der Waals surface area contributed by atoms with Crippen molar-refractivity contribution in [3.05, 3.63) is 28.7 Å². The topological polar surface area (TPSA) is 78.5 Å². The van der Waals surface area contributed by atoms with Crippen molar-refractivity contribution in [3.63, 3.8) is 0 Å². The quantitative estimate of drug-likeness (QED) is 0.447. The predicted octanol–water partition coefficient (Wildman–Crippen LogP) is 5.74. The highest BCUT2D eigenvalue weighted by Crippen LogP contribution is 2.45. The van der Waals surface area contributed by atoms with Crippen molar-refractivity contribution in [2.45, 2.75) is 96.1 Å². The number of benzene rings is 1. The van der Waals surface area contributed by atoms with Gasteiger partial charge in [-0.15, -0.1) is 0 Å². The molecule has 0 N–H and O–H groups in total. The monoisotopic (exact) mass is 465 g/mol. The lowest BCUT2D eigenvalue weighted by Gasteiger charge is -2.42. The highest BCUT2D eigenvalue weighted by atomic mass is 32.2. The fraction of sp³-hybridized carbons (Fsp3) is 0.720. The lowest BCUT2D eigenvalue weighted by Crippen LogP contribution is -2.34. The van der Waals surface area contributed by atoms with E-state index in [0.29, 0.717) is 23.1 Å². The Labute approximate surface area is 192 Å². The molecule has 0 aliphatic heterocycles. The smallest absolute Gasteiger partial charge is 0.408 e. The van der Waals surface area contributed by atoms with Crippen molar-refractivity contribution in [1.82, 2.24) is 4.57 Å². The van der Waals surface area contributed by atoms with Gasteiger partial charge in [0.15, 0.2) is 15.4 Å². The summed E-state index contributed by atoms with van der Waals surface area (Å²) in [4.78, 5) is 13.0. The van der Waals surface area contributed by atoms with Crippen molar-refractivity contribution < 1.29 is 17.6 Å². The first-order valence-electron chi connectivity index (χ1n) is 12.1. The predicted molar refractivity (Wildman–Crippen MR) is 128 cm³/mol. The zero-order valence-electron chi connectivity index (χ0n) is 20.2. The molecular weight excluding hydrogens is 426 g/mol. The van der Waals surface area contributed by atoms with Crippen LogP contribution in [0.1, 0.15) is 85.1 Å². The summed E-state index contributed by atoms with van der Waals surface area (Å²) in [7, 11) is -3.36. The number of fused-ring (bicyclic) bond motifs is 1. The summed E-state index contributed by atoms with van der Waals surface area (Å²) < 4.78 is 37.1. The van der Waals surface area contributed by atoms with Crippen LogP contribution in [0, 0.1) is 11.3 Å². The summed E-state index contributed by atoms with van der Waals surface area (Å²) in [5.41, 5.74) is 1.31. The van der Waals surface area contributed by atoms with E-state index in [1.165, 1.54) is 25.2 Å². The zero-order chi connectivity index (χ0) is 23.5. The molecule has 1 heterocycles. The van der Waals surface area contributed by atoms with Crippen LogP contribution in [0.4, 0.5) is 0 Å². The van der Waals surface area contributed by atoms with E-state index >= 15 is 0 Å². The molecule has 7 heteroatoms. The molecule has 32 heavy (non-hydrogen) atoms. The van der Waals surface area contributed by atoms with Crippen LogP contribution in [0.3, 0.4) is 0 Å². The maximum Gasteiger partial charge on any atom is 0.420 e. The van der Waals surface area contributed by atoms with E-state index in [0.717, 1.165) is 45.1 Å². The molecule has 1 aliphatic rings. The normalized spacial score (nSPS) is 24.0. The van der Waals surface area contributed by atoms with Gasteiger partial charge in [0.1, 0.15) is 0 Å². The van der Waals surface area contributed by atoms with Crippen LogP contribution < -0.4 is 5.76 Å². The van der Waals surface area contributed by atoms with E-state index in [9.17, 15) is 13.2 Å². The van der Waals surface area contributed by atoms with Gasteiger partial charge in [0.05, 0.1) is 16.5 Å². The van der Waals surface area contributed by atoms with Gasteiger partial charge in [-0.05, 0) is 81.4 Å². The van der Waals surface area contributed by atoms with Crippen LogP contribution in [0.5, 0.6) is 0 Å². The standard InChI is InChI=1S/C25H39NO5S/c1-6-8-19(10-9-18(3)25(4)15-13-20(14-16-25)30-7-2)26-22-17-21(32(5,28)29)11-12-23(22)31-24(26)27/h11-12,17-20H,6-10,13-16H2,1-5H3/t18-,19?,20?,25?/m1/s1. The molecule has 1 unspecified atom stereocenters. The van der Waals surface area contributed by atoms with Gasteiger partial charge < -0.3 is 9.15 Å². The van der Waals surface area contributed by atoms with Gasteiger partial charge in [0.2, 0.25) is 0 Å². The second-order valence-electron chi connectivity index (χ2n) is 9.87. The molecule has 0 bridgehead atoms. The fourth-order valence-corrected chi connectivity index (χ4v) is 5.90. The second-order valence-corrected chi connectivity index (χ2v) is 11.9. The van der Waals surface area contributed by atoms with Crippen molar-refractivity contribution in [1.29, 1.82) is 0 Å². The Balaban J connectivity index is 1.79. The van der Waals surface area contributed by atoms with Crippen molar-refractivity contribution >= 4 is 20.9 Å². The average molecular weight is 466 g/mol. The SMILES string of the molecule is CCCC(CC[C@@H](C)C1(C)CCC(OCC)CC1)n1c(=O)oc2ccc(S(C)(=O)=O)cc21. The maximum atomic E-state index is 12.8. The van der Waals surface area contributed by atoms with Crippen LogP contribution >= 0.6 is 0 Å². The lowest BCUT2D eigenvalue weighted by atomic mass is 9.66. The van der Waals surface area contributed by atoms with Gasteiger partial charge in [0, 0.05) is 18.9 Å². The number of hydrogen-bond acceptors (Lipinski definition) is 5. The van der Waals surface area contributed by atoms with Crippen LogP contribution in [0.25, 0.3) is 11.1 Å². The number of ether oxygens (including phenoxy) is 1. The summed E-state index contributed by atoms with van der Waals surface area (Å²) in [6.07, 6.45) is 9.84. The van der Waals surface area contributed by atoms with E-state index in [-0.39, 0.29) is 16.4 Å². The minimum Gasteiger partial charge on any atom is -0.408 e. The molecule has 0 radical (unpaired) electrons. The summed E-state index contributed by atoms with van der Waals surface area (Å²) in [6.45, 7) is 9.69. The van der Waals surface area contributed by atoms with Crippen LogP contribution in [-0.4, -0.2) is 32.0 Å². The second kappa shape index (κ2) is 10.1. The van der Waals surface area contributed by atoms with E-state index < -0.39 is 15.6 Å². The molecule has 6 nitrogen and oxygen atoms in total. The number of nitrogens with zero attached hydrogens (tertiary/aromatic N) is 1. The molecular formula is C25H39NO5S. The number of aromatic nitrogens is 1. The Morgan fingerprint density at radius 1 is 1.19 bits per heavy atom. The van der Waals surface area contributed by atoms with Crippen molar-refractivity contribution in [3.8, 4) is 0 Å². The first kappa shape index (κ1) is 25.0. The molecule has 1 aliphatic carbocycles. The average Bonchev–Trinajstić information content (AvgIpc) is 3.07. The lowest BCUT2D eigenvalue weighted by molar-refractivity contribution is -0.0100. The van der Waals surface area contributed by atoms with Crippen molar-refractivity contribution in [2.24, 2.45) is 11.3 Å².